The number of rotatable bonds is 5. The Morgan fingerprint density at radius 2 is 1.90 bits per heavy atom. The van der Waals surface area contributed by atoms with Crippen LogP contribution in [-0.2, 0) is 4.79 Å². The average Bonchev–Trinajstić information content (AvgIpc) is 2.41. The number of hydrogen-bond acceptors (Lipinski definition) is 3. The lowest BCUT2D eigenvalue weighted by molar-refractivity contribution is -0.119. The van der Waals surface area contributed by atoms with Crippen LogP contribution in [0.15, 0.2) is 0 Å². The minimum atomic E-state index is -0.205. The fourth-order valence-electron chi connectivity index (χ4n) is 3.80. The van der Waals surface area contributed by atoms with Crippen LogP contribution in [0.5, 0.6) is 0 Å². The molecule has 2 aliphatic rings. The van der Waals surface area contributed by atoms with Crippen molar-refractivity contribution in [3.05, 3.63) is 0 Å². The van der Waals surface area contributed by atoms with Crippen LogP contribution in [0.3, 0.4) is 0 Å². The Bertz CT molecular complexity index is 311. The molecule has 1 heterocycles. The minimum absolute atomic E-state index is 0.205. The van der Waals surface area contributed by atoms with Crippen molar-refractivity contribution >= 4 is 5.91 Å². The molecule has 4 nitrogen and oxygen atoms in total. The fraction of sp³-hybridized carbons (Fsp3) is 0.938. The zero-order valence-electron chi connectivity index (χ0n) is 13.1. The SMILES string of the molecule is CC(C)C1CCCC(NC2CCN(CC(N)=O)CC2)C1. The Kier molecular flexibility index (Phi) is 5.85. The smallest absolute Gasteiger partial charge is 0.231 e. The summed E-state index contributed by atoms with van der Waals surface area (Å²) in [6.45, 7) is 7.14. The zero-order chi connectivity index (χ0) is 14.5. The summed E-state index contributed by atoms with van der Waals surface area (Å²) < 4.78 is 0. The molecular weight excluding hydrogens is 250 g/mol. The predicted octanol–water partition coefficient (Wildman–Crippen LogP) is 1.74. The number of hydrogen-bond donors (Lipinski definition) is 2. The van der Waals surface area contributed by atoms with Gasteiger partial charge in [-0.2, -0.15) is 0 Å². The lowest BCUT2D eigenvalue weighted by atomic mass is 9.79. The highest BCUT2D eigenvalue weighted by molar-refractivity contribution is 5.75. The van der Waals surface area contributed by atoms with Gasteiger partial charge in [-0.1, -0.05) is 26.7 Å². The monoisotopic (exact) mass is 281 g/mol. The number of carbonyl (C=O) groups excluding carboxylic acids is 1. The molecule has 20 heavy (non-hydrogen) atoms. The van der Waals surface area contributed by atoms with Crippen LogP contribution >= 0.6 is 0 Å². The number of likely N-dealkylation sites (tertiary alicyclic amines) is 1. The number of primary amides is 1. The highest BCUT2D eigenvalue weighted by Crippen LogP contribution is 2.30. The van der Waals surface area contributed by atoms with E-state index in [0.29, 0.717) is 18.6 Å². The Labute approximate surface area is 123 Å². The lowest BCUT2D eigenvalue weighted by Gasteiger charge is -2.37. The molecule has 2 unspecified atom stereocenters. The molecule has 1 aliphatic heterocycles. The van der Waals surface area contributed by atoms with Crippen molar-refractivity contribution in [2.75, 3.05) is 19.6 Å². The van der Waals surface area contributed by atoms with Gasteiger partial charge in [0, 0.05) is 25.2 Å². The first-order valence-electron chi connectivity index (χ1n) is 8.31. The molecule has 2 rings (SSSR count). The second-order valence-electron chi connectivity index (χ2n) is 7.05. The van der Waals surface area contributed by atoms with Crippen LogP contribution in [0, 0.1) is 11.8 Å². The minimum Gasteiger partial charge on any atom is -0.369 e. The second kappa shape index (κ2) is 7.41. The molecule has 3 N–H and O–H groups in total. The van der Waals surface area contributed by atoms with Gasteiger partial charge in [-0.3, -0.25) is 9.69 Å². The maximum Gasteiger partial charge on any atom is 0.231 e. The van der Waals surface area contributed by atoms with Gasteiger partial charge in [0.2, 0.25) is 5.91 Å². The Morgan fingerprint density at radius 3 is 2.50 bits per heavy atom. The molecule has 0 aromatic heterocycles. The summed E-state index contributed by atoms with van der Waals surface area (Å²) in [6.07, 6.45) is 7.77. The first-order valence-corrected chi connectivity index (χ1v) is 8.31. The quantitative estimate of drug-likeness (QED) is 0.807. The van der Waals surface area contributed by atoms with Crippen molar-refractivity contribution in [2.24, 2.45) is 17.6 Å². The number of carbonyl (C=O) groups is 1. The molecule has 1 saturated carbocycles. The molecule has 0 spiro atoms. The molecule has 2 atom stereocenters. The van der Waals surface area contributed by atoms with E-state index in [2.05, 4.69) is 24.1 Å². The van der Waals surface area contributed by atoms with E-state index in [1.807, 2.05) is 0 Å². The number of nitrogens with zero attached hydrogens (tertiary/aromatic N) is 1. The van der Waals surface area contributed by atoms with Crippen molar-refractivity contribution in [2.45, 2.75) is 64.5 Å². The first-order chi connectivity index (χ1) is 9.54. The van der Waals surface area contributed by atoms with Crippen LogP contribution in [0.4, 0.5) is 0 Å². The van der Waals surface area contributed by atoms with Crippen LogP contribution in [0.1, 0.15) is 52.4 Å². The normalized spacial score (nSPS) is 29.8. The van der Waals surface area contributed by atoms with E-state index in [0.717, 1.165) is 37.8 Å². The fourth-order valence-corrected chi connectivity index (χ4v) is 3.80. The first kappa shape index (κ1) is 15.8. The molecule has 0 radical (unpaired) electrons. The van der Waals surface area contributed by atoms with E-state index >= 15 is 0 Å². The van der Waals surface area contributed by atoms with Gasteiger partial charge in [0.05, 0.1) is 6.54 Å². The predicted molar refractivity (Wildman–Crippen MR) is 82.4 cm³/mol. The third kappa shape index (κ3) is 4.74. The summed E-state index contributed by atoms with van der Waals surface area (Å²) in [5.41, 5.74) is 5.25. The summed E-state index contributed by atoms with van der Waals surface area (Å²) in [4.78, 5) is 13.1. The molecule has 2 fully saturated rings. The van der Waals surface area contributed by atoms with Crippen LogP contribution < -0.4 is 11.1 Å². The summed E-state index contributed by atoms with van der Waals surface area (Å²) in [5, 5.41) is 3.87. The van der Waals surface area contributed by atoms with Crippen molar-refractivity contribution in [3.8, 4) is 0 Å². The number of amides is 1. The van der Waals surface area contributed by atoms with E-state index in [4.69, 9.17) is 5.73 Å². The molecule has 0 aromatic carbocycles. The molecule has 1 amide bonds. The van der Waals surface area contributed by atoms with E-state index in [9.17, 15) is 4.79 Å². The molecule has 0 bridgehead atoms. The van der Waals surface area contributed by atoms with Crippen molar-refractivity contribution in [1.82, 2.24) is 10.2 Å². The number of nitrogens with one attached hydrogen (secondary N) is 1. The summed E-state index contributed by atoms with van der Waals surface area (Å²) in [6, 6.07) is 1.35. The maximum absolute atomic E-state index is 10.9. The van der Waals surface area contributed by atoms with Crippen LogP contribution in [0.25, 0.3) is 0 Å². The van der Waals surface area contributed by atoms with Gasteiger partial charge in [0.1, 0.15) is 0 Å². The van der Waals surface area contributed by atoms with Gasteiger partial charge in [0.25, 0.3) is 0 Å². The largest absolute Gasteiger partial charge is 0.369 e. The van der Waals surface area contributed by atoms with Crippen molar-refractivity contribution < 1.29 is 4.79 Å². The topological polar surface area (TPSA) is 58.4 Å². The zero-order valence-corrected chi connectivity index (χ0v) is 13.1. The van der Waals surface area contributed by atoms with Crippen molar-refractivity contribution in [3.63, 3.8) is 0 Å². The van der Waals surface area contributed by atoms with Crippen molar-refractivity contribution in [1.29, 1.82) is 0 Å². The average molecular weight is 281 g/mol. The van der Waals surface area contributed by atoms with Gasteiger partial charge >= 0.3 is 0 Å². The van der Waals surface area contributed by atoms with E-state index in [-0.39, 0.29) is 5.91 Å². The Morgan fingerprint density at radius 1 is 1.20 bits per heavy atom. The third-order valence-corrected chi connectivity index (χ3v) is 5.10. The Balaban J connectivity index is 1.71. The van der Waals surface area contributed by atoms with E-state index in [1.165, 1.54) is 25.7 Å². The standard InChI is InChI=1S/C16H31N3O/c1-12(2)13-4-3-5-15(10-13)18-14-6-8-19(9-7-14)11-16(17)20/h12-15,18H,3-11H2,1-2H3,(H2,17,20). The number of piperidine rings is 1. The van der Waals surface area contributed by atoms with E-state index < -0.39 is 0 Å². The highest BCUT2D eigenvalue weighted by atomic mass is 16.1. The van der Waals surface area contributed by atoms with Crippen LogP contribution in [-0.4, -0.2) is 42.5 Å². The molecular formula is C16H31N3O. The molecule has 116 valence electrons. The van der Waals surface area contributed by atoms with Crippen LogP contribution in [0.2, 0.25) is 0 Å². The lowest BCUT2D eigenvalue weighted by Crippen LogP contribution is -2.49. The summed E-state index contributed by atoms with van der Waals surface area (Å²) in [5.74, 6) is 1.51. The van der Waals surface area contributed by atoms with Gasteiger partial charge < -0.3 is 11.1 Å². The highest BCUT2D eigenvalue weighted by Gasteiger charge is 2.27. The molecule has 1 aliphatic carbocycles. The van der Waals surface area contributed by atoms with Gasteiger partial charge in [-0.05, 0) is 37.5 Å². The molecule has 4 heteroatoms. The van der Waals surface area contributed by atoms with Gasteiger partial charge in [-0.25, -0.2) is 0 Å². The van der Waals surface area contributed by atoms with Gasteiger partial charge in [0.15, 0.2) is 0 Å². The summed E-state index contributed by atoms with van der Waals surface area (Å²) in [7, 11) is 0. The Hall–Kier alpha value is -0.610. The second-order valence-corrected chi connectivity index (χ2v) is 7.05. The summed E-state index contributed by atoms with van der Waals surface area (Å²) >= 11 is 0. The van der Waals surface area contributed by atoms with E-state index in [1.54, 1.807) is 0 Å². The molecule has 0 aromatic rings. The molecule has 1 saturated heterocycles. The third-order valence-electron chi connectivity index (χ3n) is 5.10. The van der Waals surface area contributed by atoms with Gasteiger partial charge in [-0.15, -0.1) is 0 Å². The maximum atomic E-state index is 10.9. The number of nitrogens with two attached hydrogens (primary N) is 1.